The van der Waals surface area contributed by atoms with Gasteiger partial charge in [-0.05, 0) is 42.3 Å². The van der Waals surface area contributed by atoms with Crippen LogP contribution in [0, 0.1) is 6.92 Å². The van der Waals surface area contributed by atoms with E-state index in [1.807, 2.05) is 78.2 Å². The molecule has 132 valence electrons. The minimum Gasteiger partial charge on any atom is -0.287 e. The van der Waals surface area contributed by atoms with Crippen molar-refractivity contribution >= 4 is 39.2 Å². The zero-order valence-corrected chi connectivity index (χ0v) is 15.4. The summed E-state index contributed by atoms with van der Waals surface area (Å²) in [5.74, 6) is 0. The fourth-order valence-electron chi connectivity index (χ4n) is 3.61. The highest BCUT2D eigenvalue weighted by molar-refractivity contribution is 6.30. The lowest BCUT2D eigenvalue weighted by molar-refractivity contribution is 0.786. The first-order chi connectivity index (χ1) is 13.1. The number of hydrogen-bond acceptors (Lipinski definition) is 2. The molecule has 0 unspecified atom stereocenters. The van der Waals surface area contributed by atoms with Crippen molar-refractivity contribution in [3.8, 4) is 0 Å². The zero-order valence-electron chi connectivity index (χ0n) is 14.7. The van der Waals surface area contributed by atoms with Crippen LogP contribution < -0.4 is 5.56 Å². The van der Waals surface area contributed by atoms with E-state index in [-0.39, 0.29) is 5.56 Å². The third-order valence-corrected chi connectivity index (χ3v) is 5.16. The van der Waals surface area contributed by atoms with Crippen LogP contribution in [0.2, 0.25) is 5.02 Å². The van der Waals surface area contributed by atoms with Gasteiger partial charge in [-0.3, -0.25) is 13.8 Å². The third kappa shape index (κ3) is 2.53. The maximum atomic E-state index is 13.3. The molecule has 0 N–H and O–H groups in total. The van der Waals surface area contributed by atoms with Crippen LogP contribution in [0.5, 0.6) is 0 Å². The number of benzene rings is 2. The number of aryl methyl sites for hydroxylation is 1. The molecule has 27 heavy (non-hydrogen) atoms. The predicted octanol–water partition coefficient (Wildman–Crippen LogP) is 4.81. The first-order valence-electron chi connectivity index (χ1n) is 8.76. The summed E-state index contributed by atoms with van der Waals surface area (Å²) >= 11 is 6.01. The minimum absolute atomic E-state index is 0.0173. The normalized spacial score (nSPS) is 11.6. The monoisotopic (exact) mass is 373 g/mol. The number of rotatable bonds is 2. The minimum atomic E-state index is -0.0173. The Labute approximate surface area is 160 Å². The molecule has 0 bridgehead atoms. The van der Waals surface area contributed by atoms with Gasteiger partial charge in [0.25, 0.3) is 5.56 Å². The van der Waals surface area contributed by atoms with Gasteiger partial charge in [0.1, 0.15) is 16.8 Å². The van der Waals surface area contributed by atoms with Crippen molar-refractivity contribution in [1.82, 2.24) is 14.0 Å². The van der Waals surface area contributed by atoms with Gasteiger partial charge in [-0.15, -0.1) is 0 Å². The number of hydrogen-bond donors (Lipinski definition) is 0. The zero-order chi connectivity index (χ0) is 18.5. The molecular weight excluding hydrogens is 358 g/mol. The maximum absolute atomic E-state index is 13.3. The molecule has 3 aromatic heterocycles. The van der Waals surface area contributed by atoms with E-state index in [1.54, 1.807) is 4.57 Å². The van der Waals surface area contributed by atoms with E-state index in [2.05, 4.69) is 0 Å². The van der Waals surface area contributed by atoms with Crippen LogP contribution in [0.1, 0.15) is 11.1 Å². The van der Waals surface area contributed by atoms with E-state index in [0.29, 0.717) is 17.0 Å². The van der Waals surface area contributed by atoms with Gasteiger partial charge in [-0.1, -0.05) is 48.0 Å². The molecule has 0 amide bonds. The van der Waals surface area contributed by atoms with Crippen molar-refractivity contribution in [2.45, 2.75) is 13.5 Å². The number of pyridine rings is 2. The van der Waals surface area contributed by atoms with Gasteiger partial charge in [-0.25, -0.2) is 4.98 Å². The summed E-state index contributed by atoms with van der Waals surface area (Å²) in [5.41, 5.74) is 4.59. The van der Waals surface area contributed by atoms with Crippen LogP contribution in [0.15, 0.2) is 71.7 Å². The maximum Gasteiger partial charge on any atom is 0.260 e. The van der Waals surface area contributed by atoms with Crippen LogP contribution in [0.25, 0.3) is 27.6 Å². The quantitative estimate of drug-likeness (QED) is 0.445. The number of imidazole rings is 1. The summed E-state index contributed by atoms with van der Waals surface area (Å²) in [6.45, 7) is 2.49. The van der Waals surface area contributed by atoms with Crippen molar-refractivity contribution in [1.29, 1.82) is 0 Å². The van der Waals surface area contributed by atoms with Crippen molar-refractivity contribution in [2.24, 2.45) is 0 Å². The molecule has 5 aromatic rings. The van der Waals surface area contributed by atoms with Crippen molar-refractivity contribution in [3.63, 3.8) is 0 Å². The van der Waals surface area contributed by atoms with E-state index >= 15 is 0 Å². The predicted molar refractivity (Wildman–Crippen MR) is 110 cm³/mol. The molecule has 0 aliphatic rings. The van der Waals surface area contributed by atoms with Gasteiger partial charge in [0.2, 0.25) is 0 Å². The highest BCUT2D eigenvalue weighted by atomic mass is 35.5. The second-order valence-electron chi connectivity index (χ2n) is 6.78. The lowest BCUT2D eigenvalue weighted by atomic mass is 10.1. The summed E-state index contributed by atoms with van der Waals surface area (Å²) in [5, 5.41) is 2.24. The molecule has 3 heterocycles. The van der Waals surface area contributed by atoms with Gasteiger partial charge in [0.15, 0.2) is 0 Å². The Kier molecular flexibility index (Phi) is 3.55. The Hall–Kier alpha value is -3.11. The molecule has 0 spiro atoms. The van der Waals surface area contributed by atoms with Gasteiger partial charge >= 0.3 is 0 Å². The second-order valence-corrected chi connectivity index (χ2v) is 7.22. The smallest absolute Gasteiger partial charge is 0.260 e. The topological polar surface area (TPSA) is 39.3 Å². The Balaban J connectivity index is 1.92. The molecule has 4 nitrogen and oxygen atoms in total. The van der Waals surface area contributed by atoms with Crippen LogP contribution in [-0.2, 0) is 6.54 Å². The molecule has 0 aliphatic heterocycles. The highest BCUT2D eigenvalue weighted by Crippen LogP contribution is 2.25. The van der Waals surface area contributed by atoms with E-state index in [9.17, 15) is 4.79 Å². The SMILES string of the molecule is Cc1ccc2nc3c4ccccc4c(=O)n(Cc4ccc(Cl)cc4)c3n2c1. The average molecular weight is 374 g/mol. The van der Waals surface area contributed by atoms with Gasteiger partial charge in [0, 0.05) is 22.0 Å². The van der Waals surface area contributed by atoms with Crippen molar-refractivity contribution in [3.05, 3.63) is 93.4 Å². The lowest BCUT2D eigenvalue weighted by Gasteiger charge is -2.11. The molecule has 5 rings (SSSR count). The van der Waals surface area contributed by atoms with E-state index < -0.39 is 0 Å². The summed E-state index contributed by atoms with van der Waals surface area (Å²) in [6, 6.07) is 19.3. The lowest BCUT2D eigenvalue weighted by Crippen LogP contribution is -2.22. The van der Waals surface area contributed by atoms with E-state index in [0.717, 1.165) is 33.3 Å². The number of nitrogens with zero attached hydrogens (tertiary/aromatic N) is 3. The van der Waals surface area contributed by atoms with Crippen molar-refractivity contribution < 1.29 is 0 Å². The Morgan fingerprint density at radius 1 is 0.963 bits per heavy atom. The van der Waals surface area contributed by atoms with E-state index in [4.69, 9.17) is 16.6 Å². The van der Waals surface area contributed by atoms with Crippen LogP contribution >= 0.6 is 11.6 Å². The molecular formula is C22H16ClN3O. The molecule has 0 saturated heterocycles. The van der Waals surface area contributed by atoms with Crippen molar-refractivity contribution in [2.75, 3.05) is 0 Å². The first kappa shape index (κ1) is 16.1. The molecule has 0 aliphatic carbocycles. The summed E-state index contributed by atoms with van der Waals surface area (Å²) in [7, 11) is 0. The van der Waals surface area contributed by atoms with Gasteiger partial charge in [0.05, 0.1) is 6.54 Å². The second kappa shape index (κ2) is 5.96. The fourth-order valence-corrected chi connectivity index (χ4v) is 3.74. The van der Waals surface area contributed by atoms with Gasteiger partial charge < -0.3 is 0 Å². The molecule has 0 atom stereocenters. The first-order valence-corrected chi connectivity index (χ1v) is 9.14. The third-order valence-electron chi connectivity index (χ3n) is 4.91. The molecule has 5 heteroatoms. The molecule has 0 radical (unpaired) electrons. The summed E-state index contributed by atoms with van der Waals surface area (Å²) in [4.78, 5) is 18.2. The Morgan fingerprint density at radius 3 is 2.48 bits per heavy atom. The van der Waals surface area contributed by atoms with Crippen LogP contribution in [0.3, 0.4) is 0 Å². The Bertz CT molecular complexity index is 1380. The number of aromatic nitrogens is 3. The van der Waals surface area contributed by atoms with Gasteiger partial charge in [-0.2, -0.15) is 0 Å². The largest absolute Gasteiger partial charge is 0.287 e. The summed E-state index contributed by atoms with van der Waals surface area (Å²) < 4.78 is 3.81. The molecule has 0 fully saturated rings. The van der Waals surface area contributed by atoms with Crippen LogP contribution in [-0.4, -0.2) is 14.0 Å². The van der Waals surface area contributed by atoms with Crippen LogP contribution in [0.4, 0.5) is 0 Å². The molecule has 2 aromatic carbocycles. The standard InChI is InChI=1S/C22H16ClN3O/c1-14-6-11-19-24-20-17-4-2-3-5-18(17)22(27)26(21(20)25(19)12-14)13-15-7-9-16(23)10-8-15/h2-12H,13H2,1H3. The van der Waals surface area contributed by atoms with E-state index in [1.165, 1.54) is 0 Å². The average Bonchev–Trinajstić information content (AvgIpc) is 3.05. The number of fused-ring (bicyclic) bond motifs is 5. The fraction of sp³-hybridized carbons (Fsp3) is 0.0909. The Morgan fingerprint density at radius 2 is 1.70 bits per heavy atom. The summed E-state index contributed by atoms with van der Waals surface area (Å²) in [6.07, 6.45) is 2.03. The highest BCUT2D eigenvalue weighted by Gasteiger charge is 2.16. The number of halogens is 1. The molecule has 0 saturated carbocycles.